The van der Waals surface area contributed by atoms with Gasteiger partial charge in [0.25, 0.3) is 7.42 Å². The summed E-state index contributed by atoms with van der Waals surface area (Å²) in [7, 11) is -1.10. The van der Waals surface area contributed by atoms with Gasteiger partial charge in [-0.15, -0.1) is 33.5 Å². The van der Waals surface area contributed by atoms with E-state index in [9.17, 15) is 0 Å². The van der Waals surface area contributed by atoms with Crippen molar-refractivity contribution in [1.82, 2.24) is 0 Å². The van der Waals surface area contributed by atoms with Crippen molar-refractivity contribution < 1.29 is 0 Å². The van der Waals surface area contributed by atoms with Crippen molar-refractivity contribution in [1.29, 1.82) is 0 Å². The van der Waals surface area contributed by atoms with Crippen LogP contribution in [0.4, 0.5) is 0 Å². The number of thiophene rings is 1. The molecule has 0 saturated carbocycles. The van der Waals surface area contributed by atoms with E-state index in [-0.39, 0.29) is 0 Å². The summed E-state index contributed by atoms with van der Waals surface area (Å²) in [6.45, 7) is 0. The van der Waals surface area contributed by atoms with Crippen molar-refractivity contribution in [3.63, 3.8) is 0 Å². The minimum absolute atomic E-state index is 0.867. The highest BCUT2D eigenvalue weighted by molar-refractivity contribution is 7.33. The van der Waals surface area contributed by atoms with E-state index in [1.807, 2.05) is 11.4 Å². The van der Waals surface area contributed by atoms with Crippen LogP contribution in [0.1, 0.15) is 4.88 Å². The number of hydrogen-bond donors (Lipinski definition) is 0. The largest absolute Gasteiger partial charge is 0.279 e. The summed E-state index contributed by atoms with van der Waals surface area (Å²) in [4.78, 5) is 1.29. The van der Waals surface area contributed by atoms with Crippen molar-refractivity contribution in [2.45, 2.75) is 6.04 Å². The van der Waals surface area contributed by atoms with Crippen LogP contribution in [-0.4, -0.2) is 7.42 Å². The lowest BCUT2D eigenvalue weighted by molar-refractivity contribution is 1.51. The maximum absolute atomic E-state index is 5.64. The van der Waals surface area contributed by atoms with Gasteiger partial charge in [0.15, 0.2) is 0 Å². The lowest BCUT2D eigenvalue weighted by Gasteiger charge is -1.90. The quantitative estimate of drug-likeness (QED) is 0.504. The number of halogens is 2. The van der Waals surface area contributed by atoms with Crippen LogP contribution in [0.25, 0.3) is 0 Å². The Kier molecular flexibility index (Phi) is 3.05. The summed E-state index contributed by atoms with van der Waals surface area (Å²) < 4.78 is 0. The minimum Gasteiger partial charge on any atom is -0.149 e. The first-order valence-corrected chi connectivity index (χ1v) is 7.09. The Balaban J connectivity index is 2.48. The van der Waals surface area contributed by atoms with E-state index in [0.717, 1.165) is 6.04 Å². The molecule has 0 atom stereocenters. The molecule has 0 bridgehead atoms. The van der Waals surface area contributed by atoms with Gasteiger partial charge >= 0.3 is 0 Å². The Morgan fingerprint density at radius 3 is 2.78 bits per heavy atom. The predicted octanol–water partition coefficient (Wildman–Crippen LogP) is 2.80. The molecule has 49 valence electrons. The van der Waals surface area contributed by atoms with Crippen molar-refractivity contribution in [3.05, 3.63) is 22.4 Å². The highest BCUT2D eigenvalue weighted by Crippen LogP contribution is 2.13. The molecule has 1 rings (SSSR count). The maximum Gasteiger partial charge on any atom is 0.279 e. The van der Waals surface area contributed by atoms with E-state index in [0.29, 0.717) is 0 Å². The van der Waals surface area contributed by atoms with Crippen LogP contribution in [0.5, 0.6) is 0 Å². The molecule has 0 spiro atoms. The van der Waals surface area contributed by atoms with E-state index in [1.165, 1.54) is 4.88 Å². The van der Waals surface area contributed by atoms with E-state index in [1.54, 1.807) is 11.3 Å². The molecular weight excluding hydrogens is 191 g/mol. The first-order chi connectivity index (χ1) is 4.29. The van der Waals surface area contributed by atoms with E-state index in [4.69, 9.17) is 22.2 Å². The maximum atomic E-state index is 5.64. The number of hydrogen-bond acceptors (Lipinski definition) is 1. The van der Waals surface area contributed by atoms with Crippen molar-refractivity contribution >= 4 is 40.9 Å². The molecule has 0 aromatic carbocycles. The van der Waals surface area contributed by atoms with Gasteiger partial charge in [-0.2, -0.15) is 0 Å². The fraction of sp³-hybridized carbons (Fsp3) is 0.200. The molecule has 1 aromatic rings. The summed E-state index contributed by atoms with van der Waals surface area (Å²) in [6, 6.07) is 4.93. The van der Waals surface area contributed by atoms with Gasteiger partial charge < -0.3 is 0 Å². The second-order valence-corrected chi connectivity index (χ2v) is 6.98. The lowest BCUT2D eigenvalue weighted by Crippen LogP contribution is -1.96. The van der Waals surface area contributed by atoms with Crippen LogP contribution in [0, 0.1) is 0 Å². The molecule has 1 aromatic heterocycles. The van der Waals surface area contributed by atoms with Gasteiger partial charge in [0, 0.05) is 10.9 Å². The summed E-state index contributed by atoms with van der Waals surface area (Å²) in [5, 5.41) is 2.04. The Labute approximate surface area is 69.4 Å². The topological polar surface area (TPSA) is 0 Å². The highest BCUT2D eigenvalue weighted by atomic mass is 35.7. The number of rotatable bonds is 2. The molecule has 0 aliphatic heterocycles. The van der Waals surface area contributed by atoms with Crippen LogP contribution < -0.4 is 0 Å². The van der Waals surface area contributed by atoms with E-state index >= 15 is 0 Å². The fourth-order valence-corrected chi connectivity index (χ4v) is 3.52. The first kappa shape index (κ1) is 7.60. The van der Waals surface area contributed by atoms with Crippen LogP contribution in [0.15, 0.2) is 17.5 Å². The normalized spacial score (nSPS) is 10.6. The molecule has 0 unspecified atom stereocenters. The Bertz CT molecular complexity index is 161. The predicted molar refractivity (Wildman–Crippen MR) is 45.5 cm³/mol. The molecule has 0 saturated heterocycles. The van der Waals surface area contributed by atoms with Crippen molar-refractivity contribution in [2.75, 3.05) is 0 Å². The second kappa shape index (κ2) is 3.61. The lowest BCUT2D eigenvalue weighted by atomic mass is 10.5. The zero-order chi connectivity index (χ0) is 6.69. The van der Waals surface area contributed by atoms with Gasteiger partial charge in [-0.05, 0) is 11.4 Å². The van der Waals surface area contributed by atoms with Gasteiger partial charge in [0.2, 0.25) is 0 Å². The van der Waals surface area contributed by atoms with Gasteiger partial charge in [0.05, 0.1) is 0 Å². The molecule has 0 aliphatic carbocycles. The van der Waals surface area contributed by atoms with Gasteiger partial charge in [-0.1, -0.05) is 6.07 Å². The third kappa shape index (κ3) is 2.71. The second-order valence-electron chi connectivity index (χ2n) is 1.59. The van der Waals surface area contributed by atoms with Gasteiger partial charge in [-0.3, -0.25) is 0 Å². The molecule has 0 fully saturated rings. The average molecular weight is 196 g/mol. The molecule has 1 radical (unpaired) electrons. The molecule has 4 heteroatoms. The molecule has 0 amide bonds. The van der Waals surface area contributed by atoms with Crippen LogP contribution in [0.2, 0.25) is 0 Å². The van der Waals surface area contributed by atoms with Gasteiger partial charge in [0.1, 0.15) is 0 Å². The zero-order valence-electron chi connectivity index (χ0n) is 4.60. The van der Waals surface area contributed by atoms with Gasteiger partial charge in [-0.25, -0.2) is 0 Å². The van der Waals surface area contributed by atoms with Crippen molar-refractivity contribution in [2.24, 2.45) is 0 Å². The smallest absolute Gasteiger partial charge is 0.149 e. The van der Waals surface area contributed by atoms with Crippen LogP contribution in [0.3, 0.4) is 0 Å². The third-order valence-corrected chi connectivity index (χ3v) is 3.47. The summed E-state index contributed by atoms with van der Waals surface area (Å²) in [5.74, 6) is 0. The molecule has 0 nitrogen and oxygen atoms in total. The third-order valence-electron chi connectivity index (χ3n) is 0.888. The highest BCUT2D eigenvalue weighted by Gasteiger charge is 2.04. The molecule has 1 heterocycles. The molecule has 0 N–H and O–H groups in total. The average Bonchev–Trinajstić information content (AvgIpc) is 2.15. The van der Waals surface area contributed by atoms with E-state index in [2.05, 4.69) is 6.07 Å². The summed E-state index contributed by atoms with van der Waals surface area (Å²) in [6.07, 6.45) is 0. The van der Waals surface area contributed by atoms with Crippen LogP contribution >= 0.6 is 33.5 Å². The monoisotopic (exact) mass is 195 g/mol. The molecular formula is C5H5Cl2SSi. The first-order valence-electron chi connectivity index (χ1n) is 2.48. The standard InChI is InChI=1S/C5H5Cl2SSi/c6-9(7)4-5-2-1-3-8-5/h1-3H,4H2. The van der Waals surface area contributed by atoms with E-state index < -0.39 is 7.42 Å². The Morgan fingerprint density at radius 2 is 2.33 bits per heavy atom. The fourth-order valence-electron chi connectivity index (χ4n) is 0.545. The Morgan fingerprint density at radius 1 is 1.56 bits per heavy atom. The zero-order valence-corrected chi connectivity index (χ0v) is 7.93. The summed E-state index contributed by atoms with van der Waals surface area (Å²) in [5.41, 5.74) is 0. The SMILES string of the molecule is Cl[Si](Cl)Cc1cccs1. The summed E-state index contributed by atoms with van der Waals surface area (Å²) >= 11 is 13.0. The molecule has 0 aliphatic rings. The molecule has 9 heavy (non-hydrogen) atoms. The minimum atomic E-state index is -1.10. The van der Waals surface area contributed by atoms with Crippen molar-refractivity contribution in [3.8, 4) is 0 Å². The van der Waals surface area contributed by atoms with Crippen LogP contribution in [-0.2, 0) is 6.04 Å². The Hall–Kier alpha value is 0.497.